The average molecular weight is 300 g/mol. The quantitative estimate of drug-likeness (QED) is 0.810. The molecular formula is C15H13ClF3N. The highest BCUT2D eigenvalue weighted by atomic mass is 35.5. The van der Waals surface area contributed by atoms with Gasteiger partial charge in [0, 0.05) is 16.6 Å². The standard InChI is InChI=1S/C15H13ClF3N/c1-8(20-2)10-4-3-9(7-12(10)16)11-5-6-13(17)15(19)14(11)18/h3-8,20H,1-2H3. The first-order valence-corrected chi connectivity index (χ1v) is 6.44. The normalized spacial score (nSPS) is 12.5. The Labute approximate surface area is 120 Å². The van der Waals surface area contributed by atoms with Crippen molar-refractivity contribution in [1.82, 2.24) is 5.32 Å². The van der Waals surface area contributed by atoms with Crippen LogP contribution in [0.4, 0.5) is 13.2 Å². The van der Waals surface area contributed by atoms with Gasteiger partial charge in [0.25, 0.3) is 0 Å². The van der Waals surface area contributed by atoms with Crippen LogP contribution in [0.1, 0.15) is 18.5 Å². The molecule has 0 spiro atoms. The molecular weight excluding hydrogens is 287 g/mol. The molecule has 0 saturated carbocycles. The molecule has 106 valence electrons. The van der Waals surface area contributed by atoms with Crippen molar-refractivity contribution in [3.8, 4) is 11.1 Å². The maximum atomic E-state index is 13.7. The predicted molar refractivity (Wildman–Crippen MR) is 74.2 cm³/mol. The molecule has 1 unspecified atom stereocenters. The zero-order valence-electron chi connectivity index (χ0n) is 11.0. The molecule has 0 bridgehead atoms. The van der Waals surface area contributed by atoms with E-state index >= 15 is 0 Å². The zero-order chi connectivity index (χ0) is 14.9. The highest BCUT2D eigenvalue weighted by Crippen LogP contribution is 2.31. The number of rotatable bonds is 3. The molecule has 2 aromatic rings. The second-order valence-corrected chi connectivity index (χ2v) is 4.88. The van der Waals surface area contributed by atoms with E-state index in [-0.39, 0.29) is 11.6 Å². The van der Waals surface area contributed by atoms with Gasteiger partial charge in [-0.25, -0.2) is 13.2 Å². The van der Waals surface area contributed by atoms with Crippen LogP contribution in [0.5, 0.6) is 0 Å². The first-order chi connectivity index (χ1) is 9.45. The second kappa shape index (κ2) is 5.85. The summed E-state index contributed by atoms with van der Waals surface area (Å²) in [6.07, 6.45) is 0. The van der Waals surface area contributed by atoms with Gasteiger partial charge in [0.1, 0.15) is 0 Å². The molecule has 0 saturated heterocycles. The summed E-state index contributed by atoms with van der Waals surface area (Å²) in [5.41, 5.74) is 1.23. The molecule has 0 aromatic heterocycles. The van der Waals surface area contributed by atoms with Crippen LogP contribution in [0.15, 0.2) is 30.3 Å². The van der Waals surface area contributed by atoms with E-state index < -0.39 is 17.5 Å². The van der Waals surface area contributed by atoms with Gasteiger partial charge in [-0.05, 0) is 43.3 Å². The summed E-state index contributed by atoms with van der Waals surface area (Å²) in [7, 11) is 1.80. The molecule has 0 amide bonds. The van der Waals surface area contributed by atoms with E-state index in [4.69, 9.17) is 11.6 Å². The lowest BCUT2D eigenvalue weighted by atomic mass is 10.0. The lowest BCUT2D eigenvalue weighted by Gasteiger charge is -2.14. The minimum absolute atomic E-state index is 0.0190. The van der Waals surface area contributed by atoms with E-state index in [2.05, 4.69) is 5.32 Å². The van der Waals surface area contributed by atoms with Gasteiger partial charge in [0.2, 0.25) is 0 Å². The Morgan fingerprint density at radius 3 is 2.35 bits per heavy atom. The van der Waals surface area contributed by atoms with Crippen molar-refractivity contribution in [2.75, 3.05) is 7.05 Å². The average Bonchev–Trinajstić information content (AvgIpc) is 2.44. The largest absolute Gasteiger partial charge is 0.313 e. The third-order valence-electron chi connectivity index (χ3n) is 3.25. The van der Waals surface area contributed by atoms with E-state index in [0.717, 1.165) is 11.6 Å². The fourth-order valence-electron chi connectivity index (χ4n) is 1.95. The lowest BCUT2D eigenvalue weighted by molar-refractivity contribution is 0.449. The topological polar surface area (TPSA) is 12.0 Å². The van der Waals surface area contributed by atoms with Gasteiger partial charge >= 0.3 is 0 Å². The van der Waals surface area contributed by atoms with Crippen LogP contribution in [0.2, 0.25) is 5.02 Å². The fourth-order valence-corrected chi connectivity index (χ4v) is 2.29. The third-order valence-corrected chi connectivity index (χ3v) is 3.57. The molecule has 1 atom stereocenters. The molecule has 0 aliphatic heterocycles. The minimum atomic E-state index is -1.48. The Morgan fingerprint density at radius 2 is 1.75 bits per heavy atom. The number of benzene rings is 2. The monoisotopic (exact) mass is 299 g/mol. The molecule has 2 rings (SSSR count). The number of hydrogen-bond donors (Lipinski definition) is 1. The van der Waals surface area contributed by atoms with Crippen LogP contribution in [-0.2, 0) is 0 Å². The van der Waals surface area contributed by atoms with Crippen molar-refractivity contribution >= 4 is 11.6 Å². The number of hydrogen-bond acceptors (Lipinski definition) is 1. The van der Waals surface area contributed by atoms with Crippen LogP contribution in [0.25, 0.3) is 11.1 Å². The smallest absolute Gasteiger partial charge is 0.195 e. The van der Waals surface area contributed by atoms with Gasteiger partial charge in [-0.1, -0.05) is 23.7 Å². The molecule has 1 nitrogen and oxygen atoms in total. The Balaban J connectivity index is 2.50. The highest BCUT2D eigenvalue weighted by Gasteiger charge is 2.16. The fraction of sp³-hybridized carbons (Fsp3) is 0.200. The summed E-state index contributed by atoms with van der Waals surface area (Å²) < 4.78 is 39.9. The van der Waals surface area contributed by atoms with Gasteiger partial charge in [-0.3, -0.25) is 0 Å². The van der Waals surface area contributed by atoms with Crippen LogP contribution in [0.3, 0.4) is 0 Å². The van der Waals surface area contributed by atoms with Crippen molar-refractivity contribution in [3.63, 3.8) is 0 Å². The molecule has 2 aromatic carbocycles. The van der Waals surface area contributed by atoms with Crippen molar-refractivity contribution < 1.29 is 13.2 Å². The summed E-state index contributed by atoms with van der Waals surface area (Å²) in [6.45, 7) is 1.93. The van der Waals surface area contributed by atoms with Crippen LogP contribution in [0, 0.1) is 17.5 Å². The highest BCUT2D eigenvalue weighted by molar-refractivity contribution is 6.31. The SMILES string of the molecule is CNC(C)c1ccc(-c2ccc(F)c(F)c2F)cc1Cl. The molecule has 0 aliphatic rings. The maximum Gasteiger partial charge on any atom is 0.195 e. The predicted octanol–water partition coefficient (Wildman–Crippen LogP) is 4.70. The lowest BCUT2D eigenvalue weighted by Crippen LogP contribution is -2.12. The first kappa shape index (κ1) is 14.9. The van der Waals surface area contributed by atoms with E-state index in [1.807, 2.05) is 6.92 Å². The van der Waals surface area contributed by atoms with Crippen LogP contribution >= 0.6 is 11.6 Å². The Kier molecular flexibility index (Phi) is 4.35. The summed E-state index contributed by atoms with van der Waals surface area (Å²) in [6, 6.07) is 7.03. The van der Waals surface area contributed by atoms with Gasteiger partial charge in [0.05, 0.1) is 0 Å². The number of nitrogens with one attached hydrogen (secondary N) is 1. The molecule has 1 N–H and O–H groups in total. The summed E-state index contributed by atoms with van der Waals surface area (Å²) in [5, 5.41) is 3.48. The van der Waals surface area contributed by atoms with Gasteiger partial charge in [0.15, 0.2) is 17.5 Å². The maximum absolute atomic E-state index is 13.7. The van der Waals surface area contributed by atoms with Gasteiger partial charge in [-0.2, -0.15) is 0 Å². The molecule has 0 radical (unpaired) electrons. The molecule has 5 heteroatoms. The Morgan fingerprint density at radius 1 is 1.05 bits per heavy atom. The van der Waals surface area contributed by atoms with E-state index in [0.29, 0.717) is 10.6 Å². The summed E-state index contributed by atoms with van der Waals surface area (Å²) >= 11 is 6.15. The molecule has 20 heavy (non-hydrogen) atoms. The van der Waals surface area contributed by atoms with E-state index in [1.165, 1.54) is 6.07 Å². The summed E-state index contributed by atoms with van der Waals surface area (Å²) in [5.74, 6) is -3.90. The Bertz CT molecular complexity index is 643. The van der Waals surface area contributed by atoms with Gasteiger partial charge < -0.3 is 5.32 Å². The van der Waals surface area contributed by atoms with Gasteiger partial charge in [-0.15, -0.1) is 0 Å². The number of halogens is 4. The van der Waals surface area contributed by atoms with Crippen LogP contribution in [-0.4, -0.2) is 7.05 Å². The first-order valence-electron chi connectivity index (χ1n) is 6.06. The van der Waals surface area contributed by atoms with Crippen molar-refractivity contribution in [2.24, 2.45) is 0 Å². The van der Waals surface area contributed by atoms with Crippen molar-refractivity contribution in [3.05, 3.63) is 58.4 Å². The Hall–Kier alpha value is -1.52. The van der Waals surface area contributed by atoms with E-state index in [1.54, 1.807) is 25.2 Å². The minimum Gasteiger partial charge on any atom is -0.313 e. The third kappa shape index (κ3) is 2.67. The van der Waals surface area contributed by atoms with Crippen molar-refractivity contribution in [1.29, 1.82) is 0 Å². The van der Waals surface area contributed by atoms with E-state index in [9.17, 15) is 13.2 Å². The summed E-state index contributed by atoms with van der Waals surface area (Å²) in [4.78, 5) is 0. The molecule has 0 heterocycles. The molecule has 0 aliphatic carbocycles. The molecule has 0 fully saturated rings. The second-order valence-electron chi connectivity index (χ2n) is 4.47. The van der Waals surface area contributed by atoms with Crippen molar-refractivity contribution in [2.45, 2.75) is 13.0 Å². The van der Waals surface area contributed by atoms with Crippen LogP contribution < -0.4 is 5.32 Å². The zero-order valence-corrected chi connectivity index (χ0v) is 11.7.